The van der Waals surface area contributed by atoms with Crippen LogP contribution in [0.5, 0.6) is 5.75 Å². The van der Waals surface area contributed by atoms with Crippen LogP contribution in [0.4, 0.5) is 0 Å². The van der Waals surface area contributed by atoms with Gasteiger partial charge in [0.05, 0.1) is 17.2 Å². The smallest absolute Gasteiger partial charge is 0.133 e. The minimum absolute atomic E-state index is 0.572. The molecule has 86 valence electrons. The summed E-state index contributed by atoms with van der Waals surface area (Å²) in [5, 5.41) is 0. The molecule has 0 radical (unpaired) electrons. The van der Waals surface area contributed by atoms with E-state index in [9.17, 15) is 4.79 Å². The van der Waals surface area contributed by atoms with Gasteiger partial charge in [-0.1, -0.05) is 6.07 Å². The second-order valence-corrected chi connectivity index (χ2v) is 4.52. The summed E-state index contributed by atoms with van der Waals surface area (Å²) in [6, 6.07) is 5.54. The monoisotopic (exact) mass is 283 g/mol. The van der Waals surface area contributed by atoms with Gasteiger partial charge in [-0.2, -0.15) is 0 Å². The third-order valence-corrected chi connectivity index (χ3v) is 2.72. The van der Waals surface area contributed by atoms with E-state index >= 15 is 0 Å². The van der Waals surface area contributed by atoms with E-state index in [1.165, 1.54) is 0 Å². The van der Waals surface area contributed by atoms with Crippen molar-refractivity contribution in [2.24, 2.45) is 0 Å². The van der Waals surface area contributed by atoms with Crippen LogP contribution in [0.1, 0.15) is 5.56 Å². The van der Waals surface area contributed by atoms with Crippen LogP contribution in [-0.4, -0.2) is 38.6 Å². The number of methoxy groups -OCH3 is 1. The lowest BCUT2D eigenvalue weighted by atomic mass is 10.1. The molecule has 1 rings (SSSR count). The zero-order valence-electron chi connectivity index (χ0n) is 9.58. The Morgan fingerprint density at radius 2 is 2.19 bits per heavy atom. The highest BCUT2D eigenvalue weighted by Gasteiger charge is 2.07. The average Bonchev–Trinajstić information content (AvgIpc) is 2.25. The maximum Gasteiger partial charge on any atom is 0.133 e. The number of nitrogens with zero attached hydrogens (tertiary/aromatic N) is 1. The largest absolute Gasteiger partial charge is 0.496 e. The number of likely N-dealkylation sites (N-methyl/N-ethyl adjacent to an activating group) is 1. The highest BCUT2D eigenvalue weighted by atomic mass is 79.9. The molecular formula is C12H14BrNO2. The molecule has 0 fully saturated rings. The molecule has 0 bridgehead atoms. The molecule has 4 heteroatoms. The van der Waals surface area contributed by atoms with Crippen molar-refractivity contribution >= 4 is 27.4 Å². The molecular weight excluding hydrogens is 270 g/mol. The van der Waals surface area contributed by atoms with E-state index in [2.05, 4.69) is 15.9 Å². The molecule has 0 aliphatic rings. The molecule has 0 amide bonds. The van der Waals surface area contributed by atoms with E-state index < -0.39 is 0 Å². The molecule has 0 aliphatic heterocycles. The first-order valence-electron chi connectivity index (χ1n) is 4.81. The summed E-state index contributed by atoms with van der Waals surface area (Å²) < 4.78 is 5.96. The molecule has 0 N–H and O–H groups in total. The SMILES string of the molecule is COc1ccc(C(=C=O)CN(C)C)cc1Br. The summed E-state index contributed by atoms with van der Waals surface area (Å²) in [5.74, 6) is 2.73. The van der Waals surface area contributed by atoms with Crippen molar-refractivity contribution in [3.8, 4) is 5.75 Å². The van der Waals surface area contributed by atoms with Gasteiger partial charge in [-0.3, -0.25) is 0 Å². The van der Waals surface area contributed by atoms with Crippen LogP contribution in [0.15, 0.2) is 22.7 Å². The molecule has 1 aromatic carbocycles. The van der Waals surface area contributed by atoms with Crippen LogP contribution in [0.25, 0.3) is 5.57 Å². The lowest BCUT2D eigenvalue weighted by Gasteiger charge is -2.11. The Morgan fingerprint density at radius 1 is 1.50 bits per heavy atom. The lowest BCUT2D eigenvalue weighted by molar-refractivity contribution is 0.412. The fourth-order valence-electron chi connectivity index (χ4n) is 1.35. The van der Waals surface area contributed by atoms with E-state index in [1.54, 1.807) is 7.11 Å². The van der Waals surface area contributed by atoms with E-state index in [-0.39, 0.29) is 0 Å². The van der Waals surface area contributed by atoms with Gasteiger partial charge in [0.15, 0.2) is 0 Å². The van der Waals surface area contributed by atoms with Gasteiger partial charge in [0.25, 0.3) is 0 Å². The lowest BCUT2D eigenvalue weighted by Crippen LogP contribution is -2.14. The minimum atomic E-state index is 0.572. The Balaban J connectivity index is 3.04. The quantitative estimate of drug-likeness (QED) is 0.794. The number of hydrogen-bond donors (Lipinski definition) is 0. The molecule has 0 aromatic heterocycles. The van der Waals surface area contributed by atoms with Crippen LogP contribution in [0, 0.1) is 0 Å². The topological polar surface area (TPSA) is 29.5 Å². The number of halogens is 1. The van der Waals surface area contributed by atoms with Gasteiger partial charge in [-0.05, 0) is 47.7 Å². The number of benzene rings is 1. The van der Waals surface area contributed by atoms with Crippen molar-refractivity contribution in [3.63, 3.8) is 0 Å². The molecule has 0 aliphatic carbocycles. The van der Waals surface area contributed by atoms with Crippen LogP contribution >= 0.6 is 15.9 Å². The highest BCUT2D eigenvalue weighted by Crippen LogP contribution is 2.27. The van der Waals surface area contributed by atoms with E-state index in [0.29, 0.717) is 12.1 Å². The van der Waals surface area contributed by atoms with Crippen molar-refractivity contribution < 1.29 is 9.53 Å². The van der Waals surface area contributed by atoms with Crippen molar-refractivity contribution in [1.29, 1.82) is 0 Å². The predicted octanol–water partition coefficient (Wildman–Crippen LogP) is 2.23. The summed E-state index contributed by atoms with van der Waals surface area (Å²) >= 11 is 3.39. The Kier molecular flexibility index (Phi) is 4.74. The Labute approximate surface area is 104 Å². The van der Waals surface area contributed by atoms with Crippen LogP contribution in [-0.2, 0) is 4.79 Å². The van der Waals surface area contributed by atoms with Gasteiger partial charge in [0.1, 0.15) is 11.7 Å². The van der Waals surface area contributed by atoms with Crippen molar-refractivity contribution in [2.45, 2.75) is 0 Å². The van der Waals surface area contributed by atoms with Crippen molar-refractivity contribution in [3.05, 3.63) is 28.2 Å². The zero-order chi connectivity index (χ0) is 12.1. The first kappa shape index (κ1) is 13.0. The molecule has 0 atom stereocenters. The minimum Gasteiger partial charge on any atom is -0.496 e. The number of ether oxygens (including phenoxy) is 1. The van der Waals surface area contributed by atoms with Gasteiger partial charge in [-0.15, -0.1) is 0 Å². The van der Waals surface area contributed by atoms with Gasteiger partial charge < -0.3 is 9.64 Å². The Hall–Kier alpha value is -1.09. The molecule has 0 spiro atoms. The summed E-state index contributed by atoms with van der Waals surface area (Å²) in [7, 11) is 5.43. The summed E-state index contributed by atoms with van der Waals surface area (Å²) in [6.07, 6.45) is 0. The van der Waals surface area contributed by atoms with Crippen molar-refractivity contribution in [1.82, 2.24) is 4.90 Å². The first-order valence-corrected chi connectivity index (χ1v) is 5.60. The van der Waals surface area contributed by atoms with E-state index in [0.717, 1.165) is 15.8 Å². The predicted molar refractivity (Wildman–Crippen MR) is 68.3 cm³/mol. The van der Waals surface area contributed by atoms with Gasteiger partial charge in [0.2, 0.25) is 0 Å². The molecule has 1 aromatic rings. The molecule has 0 saturated heterocycles. The van der Waals surface area contributed by atoms with Crippen LogP contribution in [0.3, 0.4) is 0 Å². The maximum absolute atomic E-state index is 10.9. The number of carbonyl (C=O) groups excluding carboxylic acids is 1. The molecule has 0 heterocycles. The standard InChI is InChI=1S/C12H14BrNO2/c1-14(2)7-10(8-15)9-4-5-12(16-3)11(13)6-9/h4-6H,7H2,1-3H3. The summed E-state index contributed by atoms with van der Waals surface area (Å²) in [6.45, 7) is 0.572. The molecule has 0 unspecified atom stereocenters. The van der Waals surface area contributed by atoms with Gasteiger partial charge in [0, 0.05) is 6.54 Å². The third-order valence-electron chi connectivity index (χ3n) is 2.10. The fraction of sp³-hybridized carbons (Fsp3) is 0.333. The average molecular weight is 284 g/mol. The first-order chi connectivity index (χ1) is 7.58. The van der Waals surface area contributed by atoms with Crippen molar-refractivity contribution in [2.75, 3.05) is 27.7 Å². The van der Waals surface area contributed by atoms with E-state index in [4.69, 9.17) is 4.74 Å². The maximum atomic E-state index is 10.9. The summed E-state index contributed by atoms with van der Waals surface area (Å²) in [4.78, 5) is 12.8. The third kappa shape index (κ3) is 3.20. The fourth-order valence-corrected chi connectivity index (χ4v) is 1.89. The van der Waals surface area contributed by atoms with Gasteiger partial charge >= 0.3 is 0 Å². The Bertz CT molecular complexity index is 423. The Morgan fingerprint density at radius 3 is 2.62 bits per heavy atom. The van der Waals surface area contributed by atoms with Crippen LogP contribution in [0.2, 0.25) is 0 Å². The van der Waals surface area contributed by atoms with E-state index in [1.807, 2.05) is 43.1 Å². The zero-order valence-corrected chi connectivity index (χ0v) is 11.2. The van der Waals surface area contributed by atoms with Gasteiger partial charge in [-0.25, -0.2) is 4.79 Å². The highest BCUT2D eigenvalue weighted by molar-refractivity contribution is 9.10. The molecule has 3 nitrogen and oxygen atoms in total. The summed E-state index contributed by atoms with van der Waals surface area (Å²) in [5.41, 5.74) is 1.49. The second-order valence-electron chi connectivity index (χ2n) is 3.67. The second kappa shape index (κ2) is 5.85. The number of rotatable bonds is 4. The molecule has 16 heavy (non-hydrogen) atoms. The van der Waals surface area contributed by atoms with Crippen LogP contribution < -0.4 is 4.74 Å². The normalized spacial score (nSPS) is 10.1. The molecule has 0 saturated carbocycles. The number of hydrogen-bond acceptors (Lipinski definition) is 3.